The van der Waals surface area contributed by atoms with Gasteiger partial charge in [0.25, 0.3) is 0 Å². The Morgan fingerprint density at radius 2 is 1.75 bits per heavy atom. The molecule has 6 nitrogen and oxygen atoms in total. The third-order valence-corrected chi connectivity index (χ3v) is 4.86. The van der Waals surface area contributed by atoms with Gasteiger partial charge in [0, 0.05) is 21.3 Å². The van der Waals surface area contributed by atoms with Crippen molar-refractivity contribution < 1.29 is 14.3 Å². The fourth-order valence-electron chi connectivity index (χ4n) is 2.81. The zero-order valence-electron chi connectivity index (χ0n) is 17.3. The van der Waals surface area contributed by atoms with Crippen LogP contribution in [0.2, 0.25) is 10.0 Å². The molecule has 0 fully saturated rings. The SMILES string of the molecule is Cc1ccccc1NC(=O)CC(=O)NN=Cc1cc(Cl)ccc1OCc1cccc(Cl)c1. The van der Waals surface area contributed by atoms with E-state index in [9.17, 15) is 9.59 Å². The number of para-hydroxylation sites is 1. The van der Waals surface area contributed by atoms with Crippen molar-refractivity contribution >= 4 is 46.9 Å². The van der Waals surface area contributed by atoms with Gasteiger partial charge in [0.2, 0.25) is 11.8 Å². The molecule has 0 aliphatic carbocycles. The average Bonchev–Trinajstić information content (AvgIpc) is 2.75. The van der Waals surface area contributed by atoms with E-state index in [-0.39, 0.29) is 6.42 Å². The molecule has 0 heterocycles. The van der Waals surface area contributed by atoms with Crippen molar-refractivity contribution in [3.63, 3.8) is 0 Å². The number of hydrazone groups is 1. The van der Waals surface area contributed by atoms with Crippen LogP contribution in [0.3, 0.4) is 0 Å². The van der Waals surface area contributed by atoms with Crippen LogP contribution >= 0.6 is 23.2 Å². The highest BCUT2D eigenvalue weighted by atomic mass is 35.5. The van der Waals surface area contributed by atoms with E-state index in [2.05, 4.69) is 15.8 Å². The van der Waals surface area contributed by atoms with Crippen LogP contribution in [0.1, 0.15) is 23.1 Å². The minimum absolute atomic E-state index is 0.300. The summed E-state index contributed by atoms with van der Waals surface area (Å²) >= 11 is 12.1. The molecule has 0 atom stereocenters. The Kier molecular flexibility index (Phi) is 8.25. The van der Waals surface area contributed by atoms with Gasteiger partial charge in [-0.3, -0.25) is 9.59 Å². The van der Waals surface area contributed by atoms with Crippen LogP contribution in [0.5, 0.6) is 5.75 Å². The number of aryl methyl sites for hydroxylation is 1. The van der Waals surface area contributed by atoms with Crippen LogP contribution in [0.25, 0.3) is 0 Å². The first kappa shape index (κ1) is 23.3. The second-order valence-electron chi connectivity index (χ2n) is 6.93. The van der Waals surface area contributed by atoms with Crippen LogP contribution in [0.4, 0.5) is 5.69 Å². The van der Waals surface area contributed by atoms with Crippen molar-refractivity contribution in [2.24, 2.45) is 5.10 Å². The second kappa shape index (κ2) is 11.3. The fraction of sp³-hybridized carbons (Fsp3) is 0.125. The minimum atomic E-state index is -0.546. The summed E-state index contributed by atoms with van der Waals surface area (Å²) in [4.78, 5) is 24.1. The van der Waals surface area contributed by atoms with Gasteiger partial charge >= 0.3 is 0 Å². The molecule has 0 aliphatic rings. The maximum atomic E-state index is 12.1. The molecule has 3 rings (SSSR count). The van der Waals surface area contributed by atoms with Crippen LogP contribution in [-0.4, -0.2) is 18.0 Å². The monoisotopic (exact) mass is 469 g/mol. The smallest absolute Gasteiger partial charge is 0.249 e. The number of hydrogen-bond acceptors (Lipinski definition) is 4. The number of hydrogen-bond donors (Lipinski definition) is 2. The Morgan fingerprint density at radius 1 is 0.969 bits per heavy atom. The van der Waals surface area contributed by atoms with Gasteiger partial charge in [-0.25, -0.2) is 5.43 Å². The first-order valence-electron chi connectivity index (χ1n) is 9.75. The first-order chi connectivity index (χ1) is 15.4. The molecule has 2 amide bonds. The average molecular weight is 470 g/mol. The fourth-order valence-corrected chi connectivity index (χ4v) is 3.20. The van der Waals surface area contributed by atoms with Gasteiger partial charge in [0.15, 0.2) is 0 Å². The van der Waals surface area contributed by atoms with Crippen molar-refractivity contribution in [1.82, 2.24) is 5.43 Å². The molecule has 0 bridgehead atoms. The third-order valence-electron chi connectivity index (χ3n) is 4.39. The summed E-state index contributed by atoms with van der Waals surface area (Å²) in [7, 11) is 0. The maximum Gasteiger partial charge on any atom is 0.249 e. The lowest BCUT2D eigenvalue weighted by Crippen LogP contribution is -2.24. The number of amides is 2. The molecule has 0 radical (unpaired) electrons. The van der Waals surface area contributed by atoms with Gasteiger partial charge in [0.05, 0.1) is 6.21 Å². The Hall–Kier alpha value is -3.35. The van der Waals surface area contributed by atoms with Crippen molar-refractivity contribution in [1.29, 1.82) is 0 Å². The highest BCUT2D eigenvalue weighted by Gasteiger charge is 2.10. The Balaban J connectivity index is 1.57. The molecular weight excluding hydrogens is 449 g/mol. The predicted molar refractivity (Wildman–Crippen MR) is 127 cm³/mol. The summed E-state index contributed by atoms with van der Waals surface area (Å²) in [5.74, 6) is -0.444. The van der Waals surface area contributed by atoms with Crippen LogP contribution in [0.15, 0.2) is 71.8 Å². The Bertz CT molecular complexity index is 1150. The van der Waals surface area contributed by atoms with Gasteiger partial charge in [-0.05, 0) is 54.4 Å². The molecule has 3 aromatic carbocycles. The molecule has 0 aromatic heterocycles. The first-order valence-corrected chi connectivity index (χ1v) is 10.5. The zero-order valence-corrected chi connectivity index (χ0v) is 18.8. The molecule has 32 heavy (non-hydrogen) atoms. The zero-order chi connectivity index (χ0) is 22.9. The number of anilines is 1. The van der Waals surface area contributed by atoms with Crippen LogP contribution in [-0.2, 0) is 16.2 Å². The lowest BCUT2D eigenvalue weighted by Gasteiger charge is -2.10. The van der Waals surface area contributed by atoms with E-state index in [0.717, 1.165) is 11.1 Å². The summed E-state index contributed by atoms with van der Waals surface area (Å²) in [5.41, 5.74) is 5.39. The van der Waals surface area contributed by atoms with E-state index in [1.807, 2.05) is 43.3 Å². The molecule has 0 saturated carbocycles. The van der Waals surface area contributed by atoms with Gasteiger partial charge < -0.3 is 10.1 Å². The standard InChI is InChI=1S/C24H21Cl2N3O3/c1-16-5-2-3-8-21(16)28-23(30)13-24(31)29-27-14-18-12-20(26)9-10-22(18)32-15-17-6-4-7-19(25)11-17/h2-12,14H,13,15H2,1H3,(H,28,30)(H,29,31). The summed E-state index contributed by atoms with van der Waals surface area (Å²) in [6, 6.07) is 19.7. The van der Waals surface area contributed by atoms with Crippen LogP contribution in [0, 0.1) is 6.92 Å². The summed E-state index contributed by atoms with van der Waals surface area (Å²) in [6.45, 7) is 2.17. The number of carbonyl (C=O) groups excluding carboxylic acids is 2. The molecule has 0 unspecified atom stereocenters. The van der Waals surface area contributed by atoms with E-state index in [4.69, 9.17) is 27.9 Å². The Labute approximate surface area is 196 Å². The third kappa shape index (κ3) is 7.11. The van der Waals surface area contributed by atoms with Gasteiger partial charge in [0.1, 0.15) is 18.8 Å². The number of nitrogens with zero attached hydrogens (tertiary/aromatic N) is 1. The van der Waals surface area contributed by atoms with E-state index >= 15 is 0 Å². The summed E-state index contributed by atoms with van der Waals surface area (Å²) in [5, 5.41) is 7.74. The van der Waals surface area contributed by atoms with Crippen molar-refractivity contribution in [2.45, 2.75) is 20.0 Å². The van der Waals surface area contributed by atoms with Crippen molar-refractivity contribution in [3.8, 4) is 5.75 Å². The van der Waals surface area contributed by atoms with E-state index in [1.165, 1.54) is 6.21 Å². The molecule has 0 aliphatic heterocycles. The number of benzene rings is 3. The summed E-state index contributed by atoms with van der Waals surface area (Å²) in [6.07, 6.45) is 1.05. The van der Waals surface area contributed by atoms with Crippen molar-refractivity contribution in [2.75, 3.05) is 5.32 Å². The van der Waals surface area contributed by atoms with E-state index < -0.39 is 11.8 Å². The van der Waals surface area contributed by atoms with E-state index in [1.54, 1.807) is 30.3 Å². The van der Waals surface area contributed by atoms with Gasteiger partial charge in [-0.1, -0.05) is 53.5 Å². The largest absolute Gasteiger partial charge is 0.488 e. The van der Waals surface area contributed by atoms with Crippen LogP contribution < -0.4 is 15.5 Å². The van der Waals surface area contributed by atoms with Gasteiger partial charge in [-0.15, -0.1) is 0 Å². The molecule has 2 N–H and O–H groups in total. The molecule has 0 spiro atoms. The normalized spacial score (nSPS) is 10.7. The number of rotatable bonds is 8. The number of halogens is 2. The Morgan fingerprint density at radius 3 is 2.53 bits per heavy atom. The predicted octanol–water partition coefficient (Wildman–Crippen LogP) is 5.36. The number of nitrogens with one attached hydrogen (secondary N) is 2. The minimum Gasteiger partial charge on any atom is -0.488 e. The summed E-state index contributed by atoms with van der Waals surface area (Å²) < 4.78 is 5.85. The van der Waals surface area contributed by atoms with Gasteiger partial charge in [-0.2, -0.15) is 5.10 Å². The lowest BCUT2D eigenvalue weighted by atomic mass is 10.2. The highest BCUT2D eigenvalue weighted by Crippen LogP contribution is 2.23. The second-order valence-corrected chi connectivity index (χ2v) is 7.81. The number of ether oxygens (including phenoxy) is 1. The van der Waals surface area contributed by atoms with Crippen molar-refractivity contribution in [3.05, 3.63) is 93.5 Å². The lowest BCUT2D eigenvalue weighted by molar-refractivity contribution is -0.126. The topological polar surface area (TPSA) is 79.8 Å². The molecule has 8 heteroatoms. The quantitative estimate of drug-likeness (QED) is 0.264. The van der Waals surface area contributed by atoms with E-state index in [0.29, 0.717) is 33.7 Å². The molecule has 0 saturated heterocycles. The molecular formula is C24H21Cl2N3O3. The highest BCUT2D eigenvalue weighted by molar-refractivity contribution is 6.31. The number of carbonyl (C=O) groups is 2. The molecule has 164 valence electrons. The maximum absolute atomic E-state index is 12.1. The molecule has 3 aromatic rings.